The fourth-order valence-corrected chi connectivity index (χ4v) is 3.70. The number of amides is 1. The van der Waals surface area contributed by atoms with Crippen LogP contribution in [0.3, 0.4) is 0 Å². The van der Waals surface area contributed by atoms with E-state index in [1.165, 1.54) is 0 Å². The highest BCUT2D eigenvalue weighted by Crippen LogP contribution is 2.28. The molecule has 0 aromatic carbocycles. The van der Waals surface area contributed by atoms with Crippen molar-refractivity contribution in [1.29, 1.82) is 0 Å². The summed E-state index contributed by atoms with van der Waals surface area (Å²) >= 11 is 0. The second-order valence-electron chi connectivity index (χ2n) is 8.64. The van der Waals surface area contributed by atoms with Gasteiger partial charge < -0.3 is 9.64 Å². The smallest absolute Gasteiger partial charge is 0.410 e. The summed E-state index contributed by atoms with van der Waals surface area (Å²) in [6, 6.07) is 0.158. The van der Waals surface area contributed by atoms with Gasteiger partial charge >= 0.3 is 6.09 Å². The largest absolute Gasteiger partial charge is 0.444 e. The van der Waals surface area contributed by atoms with Crippen molar-refractivity contribution in [2.75, 3.05) is 13.1 Å². The van der Waals surface area contributed by atoms with Crippen LogP contribution < -0.4 is 4.72 Å². The van der Waals surface area contributed by atoms with Crippen molar-refractivity contribution in [1.82, 2.24) is 9.62 Å². The standard InChI is InChI=1S/C17H34N2O3S/c1-12-11-19(15(20)22-16(3,4)5)10-9-14(12)13(2)18-23(21)17(6,7)8/h12-14,18H,9-11H2,1-8H3/t12-,13-,14+,23-/m0/s1. The first kappa shape index (κ1) is 20.4. The molecule has 136 valence electrons. The monoisotopic (exact) mass is 346 g/mol. The van der Waals surface area contributed by atoms with Crippen LogP contribution in [0.2, 0.25) is 0 Å². The maximum absolute atomic E-state index is 12.3. The molecule has 0 unspecified atom stereocenters. The van der Waals surface area contributed by atoms with Crippen molar-refractivity contribution < 1.29 is 13.7 Å². The van der Waals surface area contributed by atoms with E-state index in [4.69, 9.17) is 4.74 Å². The predicted octanol–water partition coefficient (Wildman–Crippen LogP) is 3.32. The molecule has 0 saturated carbocycles. The highest BCUT2D eigenvalue weighted by molar-refractivity contribution is 7.84. The molecule has 1 rings (SSSR count). The quantitative estimate of drug-likeness (QED) is 0.853. The minimum Gasteiger partial charge on any atom is -0.444 e. The number of piperidine rings is 1. The molecule has 1 aliphatic rings. The van der Waals surface area contributed by atoms with Crippen LogP contribution in [0.5, 0.6) is 0 Å². The molecule has 1 N–H and O–H groups in total. The van der Waals surface area contributed by atoms with Gasteiger partial charge in [0.15, 0.2) is 0 Å². The van der Waals surface area contributed by atoms with Crippen LogP contribution in [-0.2, 0) is 15.7 Å². The Hall–Kier alpha value is -0.620. The first-order valence-corrected chi connectivity index (χ1v) is 9.62. The zero-order valence-corrected chi connectivity index (χ0v) is 16.8. The second kappa shape index (κ2) is 7.51. The number of hydrogen-bond donors (Lipinski definition) is 1. The summed E-state index contributed by atoms with van der Waals surface area (Å²) < 4.78 is 20.7. The highest BCUT2D eigenvalue weighted by atomic mass is 32.2. The van der Waals surface area contributed by atoms with E-state index in [0.717, 1.165) is 6.42 Å². The predicted molar refractivity (Wildman–Crippen MR) is 95.6 cm³/mol. The van der Waals surface area contributed by atoms with Crippen LogP contribution in [0.15, 0.2) is 0 Å². The SMILES string of the molecule is C[C@H](N[S@@](=O)C(C)(C)C)[C@@H]1CCN(C(=O)OC(C)(C)C)C[C@@H]1C. The Bertz CT molecular complexity index is 440. The molecule has 0 aromatic rings. The molecule has 1 aliphatic heterocycles. The molecule has 5 nitrogen and oxygen atoms in total. The van der Waals surface area contributed by atoms with E-state index in [1.807, 2.05) is 41.5 Å². The van der Waals surface area contributed by atoms with Gasteiger partial charge in [0, 0.05) is 19.1 Å². The number of ether oxygens (including phenoxy) is 1. The Kier molecular flexibility index (Phi) is 6.67. The fourth-order valence-electron chi connectivity index (χ4n) is 2.83. The van der Waals surface area contributed by atoms with Crippen molar-refractivity contribution >= 4 is 17.1 Å². The average Bonchev–Trinajstić information content (AvgIpc) is 2.34. The van der Waals surface area contributed by atoms with Crippen LogP contribution in [0.25, 0.3) is 0 Å². The maximum Gasteiger partial charge on any atom is 0.410 e. The van der Waals surface area contributed by atoms with Crippen LogP contribution in [-0.4, -0.2) is 44.7 Å². The zero-order chi connectivity index (χ0) is 18.0. The van der Waals surface area contributed by atoms with E-state index in [1.54, 1.807) is 4.90 Å². The number of carbonyl (C=O) groups is 1. The molecule has 1 saturated heterocycles. The van der Waals surface area contributed by atoms with Crippen molar-refractivity contribution in [3.8, 4) is 0 Å². The minimum atomic E-state index is -1.07. The topological polar surface area (TPSA) is 58.6 Å². The Morgan fingerprint density at radius 3 is 2.26 bits per heavy atom. The minimum absolute atomic E-state index is 0.158. The van der Waals surface area contributed by atoms with E-state index in [0.29, 0.717) is 24.9 Å². The zero-order valence-electron chi connectivity index (χ0n) is 15.9. The van der Waals surface area contributed by atoms with Crippen molar-refractivity contribution in [3.05, 3.63) is 0 Å². The molecule has 6 heteroatoms. The third kappa shape index (κ3) is 6.42. The molecule has 0 bridgehead atoms. The summed E-state index contributed by atoms with van der Waals surface area (Å²) in [5.74, 6) is 0.746. The van der Waals surface area contributed by atoms with Gasteiger partial charge in [-0.1, -0.05) is 6.92 Å². The molecule has 0 radical (unpaired) electrons. The molecule has 0 aliphatic carbocycles. The summed E-state index contributed by atoms with van der Waals surface area (Å²) in [4.78, 5) is 14.0. The van der Waals surface area contributed by atoms with E-state index < -0.39 is 16.6 Å². The number of nitrogens with zero attached hydrogens (tertiary/aromatic N) is 1. The summed E-state index contributed by atoms with van der Waals surface area (Å²) in [5, 5.41) is 0. The Morgan fingerprint density at radius 2 is 1.83 bits per heavy atom. The number of likely N-dealkylation sites (tertiary alicyclic amines) is 1. The van der Waals surface area contributed by atoms with Gasteiger partial charge in [0.2, 0.25) is 0 Å². The Morgan fingerprint density at radius 1 is 1.26 bits per heavy atom. The molecule has 4 atom stereocenters. The van der Waals surface area contributed by atoms with Gasteiger partial charge in [0.1, 0.15) is 5.60 Å². The van der Waals surface area contributed by atoms with Crippen LogP contribution in [0.4, 0.5) is 4.79 Å². The average molecular weight is 347 g/mol. The maximum atomic E-state index is 12.3. The lowest BCUT2D eigenvalue weighted by Crippen LogP contribution is -2.51. The summed E-state index contributed by atoms with van der Waals surface area (Å²) in [6.07, 6.45) is 0.664. The molecule has 0 spiro atoms. The number of hydrogen-bond acceptors (Lipinski definition) is 3. The van der Waals surface area contributed by atoms with Crippen molar-refractivity contribution in [2.45, 2.75) is 78.2 Å². The van der Waals surface area contributed by atoms with Crippen LogP contribution >= 0.6 is 0 Å². The Balaban J connectivity index is 2.59. The molecular formula is C17H34N2O3S. The van der Waals surface area contributed by atoms with Crippen molar-refractivity contribution in [3.63, 3.8) is 0 Å². The van der Waals surface area contributed by atoms with Crippen LogP contribution in [0.1, 0.15) is 61.8 Å². The summed E-state index contributed by atoms with van der Waals surface area (Å²) in [6.45, 7) is 17.2. The highest BCUT2D eigenvalue weighted by Gasteiger charge is 2.35. The molecule has 1 amide bonds. The molecule has 23 heavy (non-hydrogen) atoms. The lowest BCUT2D eigenvalue weighted by Gasteiger charge is -2.40. The number of rotatable bonds is 3. The number of nitrogens with one attached hydrogen (secondary N) is 1. The van der Waals surface area contributed by atoms with Gasteiger partial charge in [-0.05, 0) is 66.7 Å². The third-order valence-corrected chi connectivity index (χ3v) is 5.81. The molecule has 1 fully saturated rings. The first-order chi connectivity index (χ1) is 10.3. The molecule has 1 heterocycles. The van der Waals surface area contributed by atoms with Gasteiger partial charge in [-0.3, -0.25) is 0 Å². The van der Waals surface area contributed by atoms with Gasteiger partial charge in [-0.2, -0.15) is 0 Å². The van der Waals surface area contributed by atoms with Gasteiger partial charge in [0.25, 0.3) is 0 Å². The van der Waals surface area contributed by atoms with Gasteiger partial charge in [-0.15, -0.1) is 0 Å². The second-order valence-corrected chi connectivity index (χ2v) is 10.6. The first-order valence-electron chi connectivity index (χ1n) is 8.47. The van der Waals surface area contributed by atoms with Gasteiger partial charge in [0.05, 0.1) is 15.7 Å². The van der Waals surface area contributed by atoms with Gasteiger partial charge in [-0.25, -0.2) is 13.7 Å². The van der Waals surface area contributed by atoms with E-state index in [-0.39, 0.29) is 16.9 Å². The van der Waals surface area contributed by atoms with E-state index in [9.17, 15) is 9.00 Å². The summed E-state index contributed by atoms with van der Waals surface area (Å²) in [7, 11) is -1.07. The van der Waals surface area contributed by atoms with E-state index >= 15 is 0 Å². The molecule has 0 aromatic heterocycles. The number of carbonyl (C=O) groups excluding carboxylic acids is 1. The molecular weight excluding hydrogens is 312 g/mol. The fraction of sp³-hybridized carbons (Fsp3) is 0.941. The van der Waals surface area contributed by atoms with Crippen molar-refractivity contribution in [2.24, 2.45) is 11.8 Å². The summed E-state index contributed by atoms with van der Waals surface area (Å²) in [5.41, 5.74) is -0.463. The lowest BCUT2D eigenvalue weighted by molar-refractivity contribution is 0.00988. The lowest BCUT2D eigenvalue weighted by atomic mass is 9.82. The normalized spacial score (nSPS) is 25.8. The van der Waals surface area contributed by atoms with Crippen LogP contribution in [0, 0.1) is 11.8 Å². The Labute approximate surface area is 144 Å². The third-order valence-electron chi connectivity index (χ3n) is 4.11. The van der Waals surface area contributed by atoms with E-state index in [2.05, 4.69) is 18.6 Å².